The number of nitrogens with one attached hydrogen (secondary N) is 1. The van der Waals surface area contributed by atoms with E-state index in [-0.39, 0.29) is 11.9 Å². The van der Waals surface area contributed by atoms with Gasteiger partial charge in [-0.3, -0.25) is 4.79 Å². The number of hydrogen-bond donors (Lipinski definition) is 1. The Morgan fingerprint density at radius 1 is 1.09 bits per heavy atom. The zero-order valence-corrected chi connectivity index (χ0v) is 13.6. The lowest BCUT2D eigenvalue weighted by Crippen LogP contribution is -3.13. The highest BCUT2D eigenvalue weighted by Gasteiger charge is 2.33. The zero-order chi connectivity index (χ0) is 15.8. The molecule has 1 amide bonds. The molecule has 0 spiro atoms. The van der Waals surface area contributed by atoms with Crippen molar-refractivity contribution >= 4 is 11.6 Å². The average Bonchev–Trinajstić information content (AvgIpc) is 2.90. The lowest BCUT2D eigenvalue weighted by atomic mass is 10.00. The molecule has 1 unspecified atom stereocenters. The van der Waals surface area contributed by atoms with E-state index in [4.69, 9.17) is 0 Å². The topological polar surface area (TPSA) is 24.8 Å². The van der Waals surface area contributed by atoms with Crippen molar-refractivity contribution in [2.45, 2.75) is 32.4 Å². The van der Waals surface area contributed by atoms with E-state index in [1.165, 1.54) is 21.6 Å². The van der Waals surface area contributed by atoms with Gasteiger partial charge in [0.1, 0.15) is 6.54 Å². The molecule has 3 heteroatoms. The third-order valence-electron chi connectivity index (χ3n) is 5.18. The molecular formula is C20H23N2O+. The van der Waals surface area contributed by atoms with Gasteiger partial charge in [-0.25, -0.2) is 0 Å². The maximum absolute atomic E-state index is 12.9. The lowest BCUT2D eigenvalue weighted by molar-refractivity contribution is -0.907. The number of carbonyl (C=O) groups is 1. The van der Waals surface area contributed by atoms with Crippen LogP contribution in [-0.4, -0.2) is 25.0 Å². The van der Waals surface area contributed by atoms with Gasteiger partial charge in [-0.15, -0.1) is 0 Å². The van der Waals surface area contributed by atoms with Crippen LogP contribution >= 0.6 is 0 Å². The third kappa shape index (κ3) is 2.66. The summed E-state index contributed by atoms with van der Waals surface area (Å²) in [4.78, 5) is 16.3. The average molecular weight is 307 g/mol. The summed E-state index contributed by atoms with van der Waals surface area (Å²) in [5, 5.41) is 0. The summed E-state index contributed by atoms with van der Waals surface area (Å²) >= 11 is 0. The number of benzene rings is 2. The van der Waals surface area contributed by atoms with Crippen LogP contribution in [0, 0.1) is 0 Å². The van der Waals surface area contributed by atoms with Gasteiger partial charge in [0.15, 0.2) is 6.54 Å². The molecule has 2 heterocycles. The van der Waals surface area contributed by atoms with E-state index in [1.807, 2.05) is 11.0 Å². The fourth-order valence-electron chi connectivity index (χ4n) is 4.04. The predicted molar refractivity (Wildman–Crippen MR) is 91.6 cm³/mol. The summed E-state index contributed by atoms with van der Waals surface area (Å²) in [6.07, 6.45) is 2.05. The van der Waals surface area contributed by atoms with E-state index < -0.39 is 0 Å². The molecule has 2 aliphatic heterocycles. The molecule has 2 aromatic rings. The van der Waals surface area contributed by atoms with Crippen LogP contribution in [0.25, 0.3) is 0 Å². The maximum atomic E-state index is 12.9. The maximum Gasteiger partial charge on any atom is 0.282 e. The number of para-hydroxylation sites is 1. The van der Waals surface area contributed by atoms with Gasteiger partial charge in [0.2, 0.25) is 0 Å². The van der Waals surface area contributed by atoms with Crippen LogP contribution in [0.15, 0.2) is 48.5 Å². The summed E-state index contributed by atoms with van der Waals surface area (Å²) in [6, 6.07) is 17.2. The monoisotopic (exact) mass is 307 g/mol. The van der Waals surface area contributed by atoms with Crippen LogP contribution in [0.5, 0.6) is 0 Å². The molecule has 4 rings (SSSR count). The molecule has 0 aliphatic carbocycles. The molecule has 0 bridgehead atoms. The minimum atomic E-state index is 0.261. The SMILES string of the molecule is C[C@H]1Cc2ccccc2N1C(=O)C[NH+]1CCc2ccccc2C1. The van der Waals surface area contributed by atoms with Crippen molar-refractivity contribution in [1.29, 1.82) is 0 Å². The van der Waals surface area contributed by atoms with Gasteiger partial charge in [0.05, 0.1) is 6.54 Å². The van der Waals surface area contributed by atoms with Crippen LogP contribution in [0.2, 0.25) is 0 Å². The van der Waals surface area contributed by atoms with Crippen LogP contribution in [0.3, 0.4) is 0 Å². The zero-order valence-electron chi connectivity index (χ0n) is 13.6. The van der Waals surface area contributed by atoms with Crippen LogP contribution in [0.1, 0.15) is 23.6 Å². The quantitative estimate of drug-likeness (QED) is 0.896. The highest BCUT2D eigenvalue weighted by atomic mass is 16.2. The van der Waals surface area contributed by atoms with Gasteiger partial charge in [-0.1, -0.05) is 42.5 Å². The molecule has 3 nitrogen and oxygen atoms in total. The van der Waals surface area contributed by atoms with E-state index in [0.717, 1.165) is 31.6 Å². The Balaban J connectivity index is 1.49. The number of rotatable bonds is 2. The number of amides is 1. The molecule has 1 N–H and O–H groups in total. The Hall–Kier alpha value is -2.13. The van der Waals surface area contributed by atoms with Crippen molar-refractivity contribution < 1.29 is 9.69 Å². The van der Waals surface area contributed by atoms with E-state index in [9.17, 15) is 4.79 Å². The van der Waals surface area contributed by atoms with Crippen molar-refractivity contribution in [3.05, 3.63) is 65.2 Å². The molecule has 0 radical (unpaired) electrons. The van der Waals surface area contributed by atoms with Crippen molar-refractivity contribution in [3.8, 4) is 0 Å². The lowest BCUT2D eigenvalue weighted by Gasteiger charge is -2.28. The summed E-state index contributed by atoms with van der Waals surface area (Å²) in [7, 11) is 0. The number of carbonyl (C=O) groups excluding carboxylic acids is 1. The number of anilines is 1. The smallest absolute Gasteiger partial charge is 0.282 e. The summed E-state index contributed by atoms with van der Waals surface area (Å²) < 4.78 is 0. The Labute approximate surface area is 137 Å². The molecule has 0 aromatic heterocycles. The molecule has 2 aliphatic rings. The van der Waals surface area contributed by atoms with E-state index in [2.05, 4.69) is 49.4 Å². The van der Waals surface area contributed by atoms with Crippen molar-refractivity contribution in [2.24, 2.45) is 0 Å². The largest absolute Gasteiger partial charge is 0.323 e. The van der Waals surface area contributed by atoms with E-state index in [0.29, 0.717) is 6.54 Å². The number of fused-ring (bicyclic) bond motifs is 2. The fraction of sp³-hybridized carbons (Fsp3) is 0.350. The predicted octanol–water partition coefficient (Wildman–Crippen LogP) is 1.61. The second-order valence-electron chi connectivity index (χ2n) is 6.82. The Morgan fingerprint density at radius 2 is 1.78 bits per heavy atom. The van der Waals surface area contributed by atoms with Gasteiger partial charge in [-0.2, -0.15) is 0 Å². The second-order valence-corrected chi connectivity index (χ2v) is 6.82. The van der Waals surface area contributed by atoms with Gasteiger partial charge >= 0.3 is 0 Å². The molecule has 23 heavy (non-hydrogen) atoms. The van der Waals surface area contributed by atoms with Gasteiger partial charge in [-0.05, 0) is 30.5 Å². The van der Waals surface area contributed by atoms with Gasteiger partial charge in [0, 0.05) is 23.7 Å². The van der Waals surface area contributed by atoms with Gasteiger partial charge in [0.25, 0.3) is 5.91 Å². The summed E-state index contributed by atoms with van der Waals surface area (Å²) in [5.41, 5.74) is 5.26. The van der Waals surface area contributed by atoms with Crippen LogP contribution < -0.4 is 9.80 Å². The first-order chi connectivity index (χ1) is 11.2. The number of quaternary nitrogens is 1. The standard InChI is InChI=1S/C20H22N2O/c1-15-12-17-7-4-5-9-19(17)22(15)20(23)14-21-11-10-16-6-2-3-8-18(16)13-21/h2-9,15H,10-14H2,1H3/p+1/t15-/m0/s1. The highest BCUT2D eigenvalue weighted by Crippen LogP contribution is 2.31. The van der Waals surface area contributed by atoms with Crippen LogP contribution in [-0.2, 0) is 24.2 Å². The number of hydrogen-bond acceptors (Lipinski definition) is 1. The minimum Gasteiger partial charge on any atom is -0.323 e. The minimum absolute atomic E-state index is 0.261. The fourth-order valence-corrected chi connectivity index (χ4v) is 4.04. The molecule has 118 valence electrons. The van der Waals surface area contributed by atoms with Crippen LogP contribution in [0.4, 0.5) is 5.69 Å². The number of nitrogens with zero attached hydrogens (tertiary/aromatic N) is 1. The Morgan fingerprint density at radius 3 is 2.61 bits per heavy atom. The molecule has 2 atom stereocenters. The van der Waals surface area contributed by atoms with E-state index in [1.54, 1.807) is 0 Å². The van der Waals surface area contributed by atoms with Crippen molar-refractivity contribution in [3.63, 3.8) is 0 Å². The molecule has 0 saturated heterocycles. The molecular weight excluding hydrogens is 284 g/mol. The second kappa shape index (κ2) is 5.82. The highest BCUT2D eigenvalue weighted by molar-refractivity contribution is 5.96. The Kier molecular flexibility index (Phi) is 3.66. The summed E-state index contributed by atoms with van der Waals surface area (Å²) in [6.45, 7) is 4.75. The normalized spacial score (nSPS) is 22.6. The van der Waals surface area contributed by atoms with Gasteiger partial charge < -0.3 is 9.80 Å². The third-order valence-corrected chi connectivity index (χ3v) is 5.18. The molecule has 0 fully saturated rings. The van der Waals surface area contributed by atoms with E-state index >= 15 is 0 Å². The first-order valence-corrected chi connectivity index (χ1v) is 8.52. The molecule has 0 saturated carbocycles. The summed E-state index contributed by atoms with van der Waals surface area (Å²) in [5.74, 6) is 0.261. The first kappa shape index (κ1) is 14.5. The Bertz CT molecular complexity index is 740. The van der Waals surface area contributed by atoms with Crippen molar-refractivity contribution in [1.82, 2.24) is 0 Å². The van der Waals surface area contributed by atoms with Crippen molar-refractivity contribution in [2.75, 3.05) is 18.0 Å². The first-order valence-electron chi connectivity index (χ1n) is 8.52. The molecule has 2 aromatic carbocycles.